The Bertz CT molecular complexity index is 680. The van der Waals surface area contributed by atoms with Crippen LogP contribution in [0.1, 0.15) is 25.0 Å². The molecule has 1 N–H and O–H groups in total. The van der Waals surface area contributed by atoms with Crippen molar-refractivity contribution in [1.82, 2.24) is 0 Å². The van der Waals surface area contributed by atoms with E-state index in [2.05, 4.69) is 5.32 Å². The number of benzene rings is 2. The zero-order valence-electron chi connectivity index (χ0n) is 14.1. The van der Waals surface area contributed by atoms with Crippen LogP contribution in [0.2, 0.25) is 0 Å². The van der Waals surface area contributed by atoms with Crippen molar-refractivity contribution in [2.45, 2.75) is 33.8 Å². The van der Waals surface area contributed by atoms with Crippen molar-refractivity contribution in [2.24, 2.45) is 0 Å². The van der Waals surface area contributed by atoms with Crippen LogP contribution in [0.3, 0.4) is 0 Å². The first-order chi connectivity index (χ1) is 11.0. The van der Waals surface area contributed by atoms with Gasteiger partial charge in [0.25, 0.3) is 5.91 Å². The summed E-state index contributed by atoms with van der Waals surface area (Å²) in [4.78, 5) is 12.1. The van der Waals surface area contributed by atoms with Crippen molar-refractivity contribution in [3.63, 3.8) is 0 Å². The van der Waals surface area contributed by atoms with Gasteiger partial charge in [0.15, 0.2) is 6.61 Å². The summed E-state index contributed by atoms with van der Waals surface area (Å²) >= 11 is 0. The van der Waals surface area contributed by atoms with Crippen LogP contribution in [0.15, 0.2) is 42.5 Å². The molecule has 0 fully saturated rings. The van der Waals surface area contributed by atoms with Crippen molar-refractivity contribution in [1.29, 1.82) is 0 Å². The van der Waals surface area contributed by atoms with Crippen molar-refractivity contribution in [3.8, 4) is 11.5 Å². The molecule has 0 aromatic heterocycles. The van der Waals surface area contributed by atoms with E-state index >= 15 is 0 Å². The number of rotatable bonds is 6. The molecule has 0 aliphatic rings. The Morgan fingerprint density at radius 1 is 1.09 bits per heavy atom. The van der Waals surface area contributed by atoms with E-state index in [-0.39, 0.29) is 18.6 Å². The summed E-state index contributed by atoms with van der Waals surface area (Å²) in [5.74, 6) is 1.17. The monoisotopic (exact) mass is 313 g/mol. The zero-order chi connectivity index (χ0) is 16.8. The number of para-hydroxylation sites is 2. The Kier molecular flexibility index (Phi) is 5.63. The molecule has 0 aliphatic carbocycles. The van der Waals surface area contributed by atoms with E-state index in [0.717, 1.165) is 16.9 Å². The first-order valence-electron chi connectivity index (χ1n) is 7.71. The summed E-state index contributed by atoms with van der Waals surface area (Å²) in [7, 11) is 0. The molecule has 0 spiro atoms. The van der Waals surface area contributed by atoms with Crippen molar-refractivity contribution in [3.05, 3.63) is 53.6 Å². The molecule has 0 bridgehead atoms. The van der Waals surface area contributed by atoms with Gasteiger partial charge in [-0.15, -0.1) is 0 Å². The lowest BCUT2D eigenvalue weighted by atomic mass is 10.1. The van der Waals surface area contributed by atoms with Crippen molar-refractivity contribution in [2.75, 3.05) is 11.9 Å². The predicted octanol–water partition coefficient (Wildman–Crippen LogP) is 4.11. The minimum atomic E-state index is -0.217. The molecule has 0 unspecified atom stereocenters. The summed E-state index contributed by atoms with van der Waals surface area (Å²) in [5, 5.41) is 2.83. The fourth-order valence-corrected chi connectivity index (χ4v) is 2.12. The highest BCUT2D eigenvalue weighted by atomic mass is 16.5. The van der Waals surface area contributed by atoms with Crippen LogP contribution in [-0.4, -0.2) is 18.6 Å². The second-order valence-corrected chi connectivity index (χ2v) is 5.77. The van der Waals surface area contributed by atoms with Gasteiger partial charge in [0.1, 0.15) is 11.5 Å². The number of nitrogens with one attached hydrogen (secondary N) is 1. The maximum absolute atomic E-state index is 12.1. The molecule has 0 atom stereocenters. The topological polar surface area (TPSA) is 47.6 Å². The lowest BCUT2D eigenvalue weighted by Crippen LogP contribution is -2.21. The molecule has 2 aromatic carbocycles. The average Bonchev–Trinajstić information content (AvgIpc) is 2.50. The van der Waals surface area contributed by atoms with Crippen LogP contribution < -0.4 is 14.8 Å². The van der Waals surface area contributed by atoms with Gasteiger partial charge in [-0.05, 0) is 57.0 Å². The van der Waals surface area contributed by atoms with E-state index in [0.29, 0.717) is 11.4 Å². The Hall–Kier alpha value is -2.49. The van der Waals surface area contributed by atoms with Gasteiger partial charge in [-0.25, -0.2) is 0 Å². The first kappa shape index (κ1) is 16.9. The van der Waals surface area contributed by atoms with Gasteiger partial charge in [-0.2, -0.15) is 0 Å². The number of hydrogen-bond acceptors (Lipinski definition) is 3. The van der Waals surface area contributed by atoms with Gasteiger partial charge in [-0.3, -0.25) is 4.79 Å². The fraction of sp³-hybridized carbons (Fsp3) is 0.316. The number of aryl methyl sites for hydroxylation is 2. The third-order valence-electron chi connectivity index (χ3n) is 3.23. The van der Waals surface area contributed by atoms with Gasteiger partial charge in [0.05, 0.1) is 11.8 Å². The Morgan fingerprint density at radius 3 is 2.57 bits per heavy atom. The van der Waals surface area contributed by atoms with E-state index in [9.17, 15) is 4.79 Å². The highest BCUT2D eigenvalue weighted by Crippen LogP contribution is 2.25. The quantitative estimate of drug-likeness (QED) is 0.873. The van der Waals surface area contributed by atoms with Crippen LogP contribution in [0, 0.1) is 13.8 Å². The fourth-order valence-electron chi connectivity index (χ4n) is 2.12. The van der Waals surface area contributed by atoms with Crippen LogP contribution >= 0.6 is 0 Å². The molecule has 0 saturated carbocycles. The summed E-state index contributed by atoms with van der Waals surface area (Å²) in [6.07, 6.45) is 0.0410. The van der Waals surface area contributed by atoms with E-state index in [1.165, 1.54) is 0 Å². The highest BCUT2D eigenvalue weighted by Gasteiger charge is 2.10. The van der Waals surface area contributed by atoms with Crippen LogP contribution in [0.5, 0.6) is 11.5 Å². The largest absolute Gasteiger partial charge is 0.489 e. The zero-order valence-corrected chi connectivity index (χ0v) is 14.1. The SMILES string of the molecule is Cc1ccc(C)c(OCC(=O)Nc2ccccc2OC(C)C)c1. The molecular formula is C19H23NO3. The molecule has 1 amide bonds. The second-order valence-electron chi connectivity index (χ2n) is 5.77. The molecule has 4 nitrogen and oxygen atoms in total. The minimum absolute atomic E-state index is 0.0410. The Balaban J connectivity index is 1.99. The average molecular weight is 313 g/mol. The number of amides is 1. The molecule has 122 valence electrons. The number of hydrogen-bond donors (Lipinski definition) is 1. The predicted molar refractivity (Wildman–Crippen MR) is 92.2 cm³/mol. The normalized spacial score (nSPS) is 10.5. The molecule has 23 heavy (non-hydrogen) atoms. The minimum Gasteiger partial charge on any atom is -0.489 e. The number of ether oxygens (including phenoxy) is 2. The summed E-state index contributed by atoms with van der Waals surface area (Å²) < 4.78 is 11.3. The van der Waals surface area contributed by atoms with Crippen LogP contribution in [0.25, 0.3) is 0 Å². The third kappa shape index (κ3) is 5.02. The van der Waals surface area contributed by atoms with Gasteiger partial charge in [0.2, 0.25) is 0 Å². The summed E-state index contributed by atoms with van der Waals surface area (Å²) in [6, 6.07) is 13.3. The molecule has 0 radical (unpaired) electrons. The molecular weight excluding hydrogens is 290 g/mol. The van der Waals surface area contributed by atoms with Gasteiger partial charge in [0, 0.05) is 0 Å². The van der Waals surface area contributed by atoms with E-state index in [1.54, 1.807) is 0 Å². The summed E-state index contributed by atoms with van der Waals surface area (Å²) in [5.41, 5.74) is 2.75. The smallest absolute Gasteiger partial charge is 0.262 e. The van der Waals surface area contributed by atoms with Gasteiger partial charge >= 0.3 is 0 Å². The maximum Gasteiger partial charge on any atom is 0.262 e. The molecule has 0 heterocycles. The summed E-state index contributed by atoms with van der Waals surface area (Å²) in [6.45, 7) is 7.80. The molecule has 2 aromatic rings. The lowest BCUT2D eigenvalue weighted by molar-refractivity contribution is -0.118. The maximum atomic E-state index is 12.1. The Labute approximate surface area is 137 Å². The van der Waals surface area contributed by atoms with Gasteiger partial charge in [-0.1, -0.05) is 24.3 Å². The van der Waals surface area contributed by atoms with Crippen LogP contribution in [-0.2, 0) is 4.79 Å². The molecule has 0 saturated heterocycles. The standard InChI is InChI=1S/C19H23NO3/c1-13(2)23-17-8-6-5-7-16(17)20-19(21)12-22-18-11-14(3)9-10-15(18)4/h5-11,13H,12H2,1-4H3,(H,20,21). The molecule has 2 rings (SSSR count). The van der Waals surface area contributed by atoms with E-state index in [4.69, 9.17) is 9.47 Å². The highest BCUT2D eigenvalue weighted by molar-refractivity contribution is 5.93. The molecule has 0 aliphatic heterocycles. The lowest BCUT2D eigenvalue weighted by Gasteiger charge is -2.15. The van der Waals surface area contributed by atoms with E-state index in [1.807, 2.05) is 70.2 Å². The van der Waals surface area contributed by atoms with E-state index < -0.39 is 0 Å². The van der Waals surface area contributed by atoms with Gasteiger partial charge < -0.3 is 14.8 Å². The molecule has 4 heteroatoms. The third-order valence-corrected chi connectivity index (χ3v) is 3.23. The first-order valence-corrected chi connectivity index (χ1v) is 7.71. The van der Waals surface area contributed by atoms with Crippen molar-refractivity contribution >= 4 is 11.6 Å². The van der Waals surface area contributed by atoms with Crippen LogP contribution in [0.4, 0.5) is 5.69 Å². The second kappa shape index (κ2) is 7.68. The van der Waals surface area contributed by atoms with Crippen molar-refractivity contribution < 1.29 is 14.3 Å². The number of carbonyl (C=O) groups is 1. The Morgan fingerprint density at radius 2 is 1.83 bits per heavy atom. The number of carbonyl (C=O) groups excluding carboxylic acids is 1. The number of anilines is 1.